The molecule has 0 aromatic rings. The van der Waals surface area contributed by atoms with Crippen molar-refractivity contribution in [1.29, 1.82) is 0 Å². The molecule has 2 heteroatoms. The number of piperidine rings is 1. The second-order valence-corrected chi connectivity index (χ2v) is 4.35. The van der Waals surface area contributed by atoms with E-state index in [1.54, 1.807) is 0 Å². The van der Waals surface area contributed by atoms with Crippen LogP contribution in [0, 0.1) is 11.8 Å². The zero-order valence-electron chi connectivity index (χ0n) is 8.42. The highest BCUT2D eigenvalue weighted by atomic mass is 15.1. The van der Waals surface area contributed by atoms with Crippen molar-refractivity contribution in [3.8, 4) is 0 Å². The lowest BCUT2D eigenvalue weighted by atomic mass is 9.92. The quantitative estimate of drug-likeness (QED) is 0.692. The summed E-state index contributed by atoms with van der Waals surface area (Å²) in [6.07, 6.45) is 2.55. The van der Waals surface area contributed by atoms with Crippen molar-refractivity contribution < 1.29 is 0 Å². The van der Waals surface area contributed by atoms with E-state index in [1.807, 2.05) is 0 Å². The molecule has 1 saturated heterocycles. The van der Waals surface area contributed by atoms with E-state index in [-0.39, 0.29) is 0 Å². The Kier molecular flexibility index (Phi) is 4.02. The Hall–Kier alpha value is -0.0800. The van der Waals surface area contributed by atoms with Gasteiger partial charge in [0.25, 0.3) is 0 Å². The van der Waals surface area contributed by atoms with Crippen LogP contribution in [-0.2, 0) is 0 Å². The van der Waals surface area contributed by atoms with Crippen LogP contribution < -0.4 is 5.73 Å². The summed E-state index contributed by atoms with van der Waals surface area (Å²) in [6.45, 7) is 9.30. The summed E-state index contributed by atoms with van der Waals surface area (Å²) in [5, 5.41) is 0. The van der Waals surface area contributed by atoms with Gasteiger partial charge in [-0.1, -0.05) is 13.8 Å². The summed E-state index contributed by atoms with van der Waals surface area (Å²) in [5.74, 6) is 1.76. The van der Waals surface area contributed by atoms with E-state index in [2.05, 4.69) is 18.7 Å². The molecule has 0 spiro atoms. The Balaban J connectivity index is 2.24. The van der Waals surface area contributed by atoms with Crippen molar-refractivity contribution in [3.05, 3.63) is 0 Å². The molecule has 0 aromatic carbocycles. The second-order valence-electron chi connectivity index (χ2n) is 4.35. The molecule has 12 heavy (non-hydrogen) atoms. The van der Waals surface area contributed by atoms with Crippen LogP contribution in [0.5, 0.6) is 0 Å². The first kappa shape index (κ1) is 10.0. The minimum absolute atomic E-state index is 0.833. The normalized spacial score (nSPS) is 32.2. The van der Waals surface area contributed by atoms with Gasteiger partial charge >= 0.3 is 0 Å². The zero-order valence-corrected chi connectivity index (χ0v) is 8.42. The Morgan fingerprint density at radius 3 is 2.33 bits per heavy atom. The van der Waals surface area contributed by atoms with Gasteiger partial charge in [-0.3, -0.25) is 0 Å². The van der Waals surface area contributed by atoms with Gasteiger partial charge in [0.2, 0.25) is 0 Å². The fraction of sp³-hybridized carbons (Fsp3) is 1.00. The smallest absolute Gasteiger partial charge is 0.000725 e. The summed E-state index contributed by atoms with van der Waals surface area (Å²) in [5.41, 5.74) is 5.49. The lowest BCUT2D eigenvalue weighted by molar-refractivity contribution is 0.140. The molecule has 0 saturated carbocycles. The molecule has 2 nitrogen and oxygen atoms in total. The molecular weight excluding hydrogens is 148 g/mol. The third-order valence-electron chi connectivity index (χ3n) is 2.62. The maximum atomic E-state index is 5.49. The van der Waals surface area contributed by atoms with Gasteiger partial charge in [0, 0.05) is 13.1 Å². The molecule has 1 aliphatic heterocycles. The molecule has 2 atom stereocenters. The Morgan fingerprint density at radius 2 is 1.83 bits per heavy atom. The predicted molar refractivity (Wildman–Crippen MR) is 53.1 cm³/mol. The standard InChI is InChI=1S/C10H22N2/c1-9-6-10(2)8-12(7-9)5-3-4-11/h9-10H,3-8,11H2,1-2H3/t9-,10-/m1/s1. The highest BCUT2D eigenvalue weighted by Gasteiger charge is 2.20. The van der Waals surface area contributed by atoms with E-state index in [0.29, 0.717) is 0 Å². The highest BCUT2D eigenvalue weighted by Crippen LogP contribution is 2.20. The van der Waals surface area contributed by atoms with E-state index in [9.17, 15) is 0 Å². The molecule has 0 aromatic heterocycles. The van der Waals surface area contributed by atoms with Gasteiger partial charge < -0.3 is 10.6 Å². The molecule has 0 bridgehead atoms. The van der Waals surface area contributed by atoms with Crippen molar-refractivity contribution >= 4 is 0 Å². The van der Waals surface area contributed by atoms with Gasteiger partial charge in [-0.15, -0.1) is 0 Å². The summed E-state index contributed by atoms with van der Waals surface area (Å²) >= 11 is 0. The molecule has 1 fully saturated rings. The van der Waals surface area contributed by atoms with Crippen molar-refractivity contribution in [2.45, 2.75) is 26.7 Å². The first-order chi connectivity index (χ1) is 5.72. The van der Waals surface area contributed by atoms with Gasteiger partial charge in [-0.2, -0.15) is 0 Å². The number of rotatable bonds is 3. The minimum Gasteiger partial charge on any atom is -0.330 e. The first-order valence-corrected chi connectivity index (χ1v) is 5.14. The first-order valence-electron chi connectivity index (χ1n) is 5.14. The third-order valence-corrected chi connectivity index (χ3v) is 2.62. The largest absolute Gasteiger partial charge is 0.330 e. The fourth-order valence-electron chi connectivity index (χ4n) is 2.29. The summed E-state index contributed by atoms with van der Waals surface area (Å²) in [7, 11) is 0. The topological polar surface area (TPSA) is 29.3 Å². The summed E-state index contributed by atoms with van der Waals surface area (Å²) in [6, 6.07) is 0. The summed E-state index contributed by atoms with van der Waals surface area (Å²) < 4.78 is 0. The van der Waals surface area contributed by atoms with Crippen molar-refractivity contribution in [1.82, 2.24) is 4.90 Å². The van der Waals surface area contributed by atoms with Crippen LogP contribution >= 0.6 is 0 Å². The fourth-order valence-corrected chi connectivity index (χ4v) is 2.29. The molecule has 0 radical (unpaired) electrons. The number of hydrogen-bond acceptors (Lipinski definition) is 2. The van der Waals surface area contributed by atoms with Gasteiger partial charge in [0.1, 0.15) is 0 Å². The average Bonchev–Trinajstić information content (AvgIpc) is 1.99. The lowest BCUT2D eigenvalue weighted by Gasteiger charge is -2.34. The van der Waals surface area contributed by atoms with E-state index in [1.165, 1.54) is 26.1 Å². The van der Waals surface area contributed by atoms with Crippen LogP contribution in [0.3, 0.4) is 0 Å². The average molecular weight is 170 g/mol. The van der Waals surface area contributed by atoms with Crippen molar-refractivity contribution in [3.63, 3.8) is 0 Å². The predicted octanol–water partition coefficient (Wildman–Crippen LogP) is 1.31. The van der Waals surface area contributed by atoms with Crippen LogP contribution in [0.1, 0.15) is 26.7 Å². The maximum absolute atomic E-state index is 5.49. The maximum Gasteiger partial charge on any atom is 0.000725 e. The number of likely N-dealkylation sites (tertiary alicyclic amines) is 1. The summed E-state index contributed by atoms with van der Waals surface area (Å²) in [4.78, 5) is 2.56. The van der Waals surface area contributed by atoms with Crippen LogP contribution in [0.25, 0.3) is 0 Å². The molecule has 1 aliphatic rings. The molecule has 0 aliphatic carbocycles. The number of hydrogen-bond donors (Lipinski definition) is 1. The van der Waals surface area contributed by atoms with Gasteiger partial charge in [-0.25, -0.2) is 0 Å². The third kappa shape index (κ3) is 3.11. The Bertz CT molecular complexity index is 115. The van der Waals surface area contributed by atoms with Crippen molar-refractivity contribution in [2.75, 3.05) is 26.2 Å². The van der Waals surface area contributed by atoms with Crippen LogP contribution in [0.4, 0.5) is 0 Å². The van der Waals surface area contributed by atoms with Crippen molar-refractivity contribution in [2.24, 2.45) is 17.6 Å². The van der Waals surface area contributed by atoms with Crippen LogP contribution in [0.15, 0.2) is 0 Å². The molecule has 0 unspecified atom stereocenters. The second kappa shape index (κ2) is 4.83. The minimum atomic E-state index is 0.833. The van der Waals surface area contributed by atoms with Gasteiger partial charge in [0.05, 0.1) is 0 Å². The van der Waals surface area contributed by atoms with E-state index in [4.69, 9.17) is 5.73 Å². The van der Waals surface area contributed by atoms with Crippen LogP contribution in [0.2, 0.25) is 0 Å². The molecule has 72 valence electrons. The number of nitrogens with zero attached hydrogens (tertiary/aromatic N) is 1. The Labute approximate surface area is 76.1 Å². The SMILES string of the molecule is C[C@@H]1C[C@@H](C)CN(CCCN)C1. The van der Waals surface area contributed by atoms with E-state index < -0.39 is 0 Å². The lowest BCUT2D eigenvalue weighted by Crippen LogP contribution is -2.39. The van der Waals surface area contributed by atoms with E-state index in [0.717, 1.165) is 24.8 Å². The molecular formula is C10H22N2. The van der Waals surface area contributed by atoms with Gasteiger partial charge in [0.15, 0.2) is 0 Å². The number of nitrogens with two attached hydrogens (primary N) is 1. The molecule has 1 rings (SSSR count). The molecule has 2 N–H and O–H groups in total. The van der Waals surface area contributed by atoms with Crippen LogP contribution in [-0.4, -0.2) is 31.1 Å². The molecule has 0 amide bonds. The zero-order chi connectivity index (χ0) is 8.97. The molecule has 1 heterocycles. The van der Waals surface area contributed by atoms with E-state index >= 15 is 0 Å². The monoisotopic (exact) mass is 170 g/mol. The Morgan fingerprint density at radius 1 is 1.25 bits per heavy atom. The highest BCUT2D eigenvalue weighted by molar-refractivity contribution is 4.74. The van der Waals surface area contributed by atoms with Gasteiger partial charge in [-0.05, 0) is 37.8 Å².